The van der Waals surface area contributed by atoms with Crippen LogP contribution in [0.25, 0.3) is 0 Å². The van der Waals surface area contributed by atoms with Crippen LogP contribution < -0.4 is 10.2 Å². The molecule has 108 valence electrons. The number of rotatable bonds is 3. The van der Waals surface area contributed by atoms with Crippen LogP contribution in [0.5, 0.6) is 0 Å². The Bertz CT molecular complexity index is 563. The number of aromatic nitrogens is 1. The van der Waals surface area contributed by atoms with Gasteiger partial charge in [-0.1, -0.05) is 0 Å². The second-order valence-corrected chi connectivity index (χ2v) is 4.76. The molecule has 0 spiro atoms. The number of nitrogens with one attached hydrogen (secondary N) is 1. The molecule has 0 radical (unpaired) electrons. The van der Waals surface area contributed by atoms with Crippen LogP contribution in [-0.4, -0.2) is 41.5 Å². The van der Waals surface area contributed by atoms with Crippen LogP contribution in [0.15, 0.2) is 10.7 Å². The van der Waals surface area contributed by atoms with Gasteiger partial charge in [0, 0.05) is 0 Å². The summed E-state index contributed by atoms with van der Waals surface area (Å²) in [6.07, 6.45) is 1.14. The van der Waals surface area contributed by atoms with E-state index in [9.17, 15) is 14.4 Å². The molecule has 1 aliphatic heterocycles. The Labute approximate surface area is 115 Å². The van der Waals surface area contributed by atoms with E-state index in [4.69, 9.17) is 9.15 Å². The second kappa shape index (κ2) is 4.95. The van der Waals surface area contributed by atoms with Crippen molar-refractivity contribution in [2.24, 2.45) is 0 Å². The Morgan fingerprint density at radius 2 is 2.25 bits per heavy atom. The number of carbonyl (C=O) groups is 3. The van der Waals surface area contributed by atoms with Gasteiger partial charge >= 0.3 is 5.97 Å². The fraction of sp³-hybridized carbons (Fsp3) is 0.500. The summed E-state index contributed by atoms with van der Waals surface area (Å²) in [6, 6.07) is 0.0289. The number of imide groups is 1. The maximum atomic E-state index is 11.8. The van der Waals surface area contributed by atoms with Gasteiger partial charge in [-0.05, 0) is 20.8 Å². The molecule has 0 saturated carbocycles. The molecule has 20 heavy (non-hydrogen) atoms. The smallest absolute Gasteiger partial charge is 0.360 e. The van der Waals surface area contributed by atoms with Crippen LogP contribution in [-0.2, 0) is 14.3 Å². The molecule has 8 heteroatoms. The third-order valence-electron chi connectivity index (χ3n) is 2.99. The number of piperazine rings is 1. The molecule has 2 heterocycles. The Morgan fingerprint density at radius 1 is 1.55 bits per heavy atom. The predicted molar refractivity (Wildman–Crippen MR) is 67.0 cm³/mol. The van der Waals surface area contributed by atoms with Crippen LogP contribution in [0.4, 0.5) is 6.01 Å². The highest BCUT2D eigenvalue weighted by molar-refractivity contribution is 6.06. The number of esters is 1. The van der Waals surface area contributed by atoms with Gasteiger partial charge in [0.15, 0.2) is 5.69 Å². The third-order valence-corrected chi connectivity index (χ3v) is 2.99. The third kappa shape index (κ3) is 2.36. The predicted octanol–water partition coefficient (Wildman–Crippen LogP) is 0.0927. The first-order chi connectivity index (χ1) is 9.36. The van der Waals surface area contributed by atoms with Gasteiger partial charge in [-0.3, -0.25) is 14.9 Å². The van der Waals surface area contributed by atoms with Crippen LogP contribution >= 0.6 is 0 Å². The number of amides is 2. The molecule has 0 bridgehead atoms. The molecule has 1 fully saturated rings. The van der Waals surface area contributed by atoms with E-state index in [0.717, 1.165) is 6.26 Å². The van der Waals surface area contributed by atoms with Crippen LogP contribution in [0.2, 0.25) is 0 Å². The molecule has 0 atom stereocenters. The van der Waals surface area contributed by atoms with Crippen LogP contribution in [0, 0.1) is 0 Å². The average Bonchev–Trinajstić information content (AvgIpc) is 2.83. The highest BCUT2D eigenvalue weighted by atomic mass is 16.5. The topological polar surface area (TPSA) is 102 Å². The molecule has 1 aliphatic rings. The van der Waals surface area contributed by atoms with Crippen molar-refractivity contribution in [3.63, 3.8) is 0 Å². The summed E-state index contributed by atoms with van der Waals surface area (Å²) in [7, 11) is 0. The summed E-state index contributed by atoms with van der Waals surface area (Å²) in [5, 5.41) is 2.24. The Hall–Kier alpha value is -2.38. The molecule has 2 amide bonds. The fourth-order valence-electron chi connectivity index (χ4n) is 1.78. The number of hydrogen-bond donors (Lipinski definition) is 1. The van der Waals surface area contributed by atoms with E-state index < -0.39 is 23.3 Å². The van der Waals surface area contributed by atoms with Crippen molar-refractivity contribution >= 4 is 23.8 Å². The summed E-state index contributed by atoms with van der Waals surface area (Å²) in [6.45, 7) is 5.07. The highest BCUT2D eigenvalue weighted by Gasteiger charge is 2.43. The maximum Gasteiger partial charge on any atom is 0.360 e. The van der Waals surface area contributed by atoms with E-state index in [1.54, 1.807) is 20.8 Å². The van der Waals surface area contributed by atoms with Crippen molar-refractivity contribution in [2.45, 2.75) is 26.3 Å². The average molecular weight is 281 g/mol. The summed E-state index contributed by atoms with van der Waals surface area (Å²) in [5.41, 5.74) is -1.01. The van der Waals surface area contributed by atoms with E-state index >= 15 is 0 Å². The zero-order valence-electron chi connectivity index (χ0n) is 11.4. The van der Waals surface area contributed by atoms with E-state index in [-0.39, 0.29) is 24.9 Å². The molecular formula is C12H15N3O5. The van der Waals surface area contributed by atoms with Gasteiger partial charge in [-0.2, -0.15) is 4.98 Å². The minimum atomic E-state index is -1.01. The molecule has 0 aliphatic carbocycles. The van der Waals surface area contributed by atoms with Gasteiger partial charge < -0.3 is 14.1 Å². The number of carbonyl (C=O) groups excluding carboxylic acids is 3. The highest BCUT2D eigenvalue weighted by Crippen LogP contribution is 2.25. The fourth-order valence-corrected chi connectivity index (χ4v) is 1.78. The molecular weight excluding hydrogens is 266 g/mol. The summed E-state index contributed by atoms with van der Waals surface area (Å²) in [4.78, 5) is 40.2. The van der Waals surface area contributed by atoms with Gasteiger partial charge in [0.2, 0.25) is 5.91 Å². The van der Waals surface area contributed by atoms with Crippen LogP contribution in [0.1, 0.15) is 31.3 Å². The van der Waals surface area contributed by atoms with Crippen molar-refractivity contribution in [1.82, 2.24) is 10.3 Å². The molecule has 1 aromatic heterocycles. The largest absolute Gasteiger partial charge is 0.461 e. The molecule has 1 N–H and O–H groups in total. The molecule has 0 aromatic carbocycles. The van der Waals surface area contributed by atoms with Crippen molar-refractivity contribution in [3.8, 4) is 0 Å². The number of ether oxygens (including phenoxy) is 1. The summed E-state index contributed by atoms with van der Waals surface area (Å²) >= 11 is 0. The lowest BCUT2D eigenvalue weighted by Gasteiger charge is -2.38. The molecule has 8 nitrogen and oxygen atoms in total. The monoisotopic (exact) mass is 281 g/mol. The van der Waals surface area contributed by atoms with Crippen molar-refractivity contribution in [2.75, 3.05) is 18.1 Å². The van der Waals surface area contributed by atoms with Gasteiger partial charge in [0.25, 0.3) is 11.9 Å². The standard InChI is InChI=1S/C12H15N3O5/c1-4-19-9(17)7-6-20-11(13-7)15-5-8(16)14-10(18)12(15,2)3/h6H,4-5H2,1-3H3,(H,14,16,18). The SMILES string of the molecule is CCOC(=O)c1coc(N2CC(=O)NC(=O)C2(C)C)n1. The first kappa shape index (κ1) is 14.0. The van der Waals surface area contributed by atoms with E-state index in [2.05, 4.69) is 10.3 Å². The van der Waals surface area contributed by atoms with Gasteiger partial charge in [0.1, 0.15) is 18.3 Å². The summed E-state index contributed by atoms with van der Waals surface area (Å²) < 4.78 is 9.98. The lowest BCUT2D eigenvalue weighted by Crippen LogP contribution is -2.64. The number of anilines is 1. The van der Waals surface area contributed by atoms with E-state index in [1.807, 2.05) is 0 Å². The number of oxazole rings is 1. The normalized spacial score (nSPS) is 17.9. The number of hydrogen-bond acceptors (Lipinski definition) is 7. The Balaban J connectivity index is 2.28. The zero-order chi connectivity index (χ0) is 14.9. The van der Waals surface area contributed by atoms with Crippen molar-refractivity contribution < 1.29 is 23.5 Å². The molecule has 1 aromatic rings. The second-order valence-electron chi connectivity index (χ2n) is 4.76. The number of nitrogens with zero attached hydrogens (tertiary/aromatic N) is 2. The quantitative estimate of drug-likeness (QED) is 0.619. The first-order valence-electron chi connectivity index (χ1n) is 6.10. The minimum Gasteiger partial charge on any atom is -0.461 e. The maximum absolute atomic E-state index is 11.8. The first-order valence-corrected chi connectivity index (χ1v) is 6.10. The van der Waals surface area contributed by atoms with E-state index in [0.29, 0.717) is 0 Å². The van der Waals surface area contributed by atoms with Crippen molar-refractivity contribution in [3.05, 3.63) is 12.0 Å². The molecule has 2 rings (SSSR count). The minimum absolute atomic E-state index is 0.00363. The van der Waals surface area contributed by atoms with Gasteiger partial charge in [-0.15, -0.1) is 0 Å². The van der Waals surface area contributed by atoms with Gasteiger partial charge in [-0.25, -0.2) is 4.79 Å². The molecule has 0 unspecified atom stereocenters. The Kier molecular flexibility index (Phi) is 3.47. The molecule has 1 saturated heterocycles. The summed E-state index contributed by atoms with van der Waals surface area (Å²) in [5.74, 6) is -1.53. The lowest BCUT2D eigenvalue weighted by atomic mass is 9.99. The Morgan fingerprint density at radius 3 is 2.90 bits per heavy atom. The lowest BCUT2D eigenvalue weighted by molar-refractivity contribution is -0.135. The van der Waals surface area contributed by atoms with Crippen LogP contribution in [0.3, 0.4) is 0 Å². The zero-order valence-corrected chi connectivity index (χ0v) is 11.4. The van der Waals surface area contributed by atoms with E-state index in [1.165, 1.54) is 4.90 Å². The van der Waals surface area contributed by atoms with Crippen molar-refractivity contribution in [1.29, 1.82) is 0 Å². The van der Waals surface area contributed by atoms with Gasteiger partial charge in [0.05, 0.1) is 6.61 Å².